The van der Waals surface area contributed by atoms with E-state index >= 15 is 0 Å². The van der Waals surface area contributed by atoms with Crippen LogP contribution in [0.25, 0.3) is 11.1 Å². The summed E-state index contributed by atoms with van der Waals surface area (Å²) in [6.45, 7) is 3.38. The maximum atomic E-state index is 13.2. The fourth-order valence-corrected chi connectivity index (χ4v) is 2.66. The molecule has 9 heteroatoms. The number of hydrogen-bond acceptors (Lipinski definition) is 5. The zero-order chi connectivity index (χ0) is 21.2. The lowest BCUT2D eigenvalue weighted by Crippen LogP contribution is -2.29. The number of nitrogens with zero attached hydrogens (tertiary/aromatic N) is 3. The van der Waals surface area contributed by atoms with E-state index in [1.165, 1.54) is 18.3 Å². The average Bonchev–Trinajstić information content (AvgIpc) is 2.69. The van der Waals surface area contributed by atoms with Crippen molar-refractivity contribution in [1.82, 2.24) is 14.8 Å². The topological polar surface area (TPSA) is 87.6 Å². The molecule has 0 aliphatic rings. The standard InChI is InChI=1S/C20H18F3N5O/c1-3-17(24)28-18(25)9-12(2)19(27-28)29-16-10-14(20(21,22)23)6-7-15(16)13-5-4-8-26-11-13/h4-11,24-25H,3H2,1-2H3. The Hall–Kier alpha value is -3.49. The molecule has 3 aromatic rings. The molecule has 2 aromatic heterocycles. The monoisotopic (exact) mass is 401 g/mol. The van der Waals surface area contributed by atoms with Gasteiger partial charge >= 0.3 is 6.18 Å². The van der Waals surface area contributed by atoms with Crippen LogP contribution in [0.2, 0.25) is 0 Å². The summed E-state index contributed by atoms with van der Waals surface area (Å²) in [7, 11) is 0. The van der Waals surface area contributed by atoms with Crippen molar-refractivity contribution in [3.63, 3.8) is 0 Å². The minimum atomic E-state index is -4.54. The zero-order valence-corrected chi connectivity index (χ0v) is 15.7. The van der Waals surface area contributed by atoms with Crippen LogP contribution in [0.4, 0.5) is 13.2 Å². The van der Waals surface area contributed by atoms with Crippen molar-refractivity contribution in [3.05, 3.63) is 65.4 Å². The first-order valence-electron chi connectivity index (χ1n) is 8.73. The van der Waals surface area contributed by atoms with Crippen LogP contribution in [0.1, 0.15) is 24.5 Å². The van der Waals surface area contributed by atoms with Gasteiger partial charge in [0.1, 0.15) is 17.1 Å². The number of aryl methyl sites for hydroxylation is 1. The summed E-state index contributed by atoms with van der Waals surface area (Å²) in [5, 5.41) is 20.0. The molecule has 29 heavy (non-hydrogen) atoms. The molecule has 0 aliphatic heterocycles. The Morgan fingerprint density at radius 2 is 1.97 bits per heavy atom. The van der Waals surface area contributed by atoms with Crippen molar-refractivity contribution in [2.45, 2.75) is 26.4 Å². The fraction of sp³-hybridized carbons (Fsp3) is 0.200. The van der Waals surface area contributed by atoms with Gasteiger partial charge in [0.25, 0.3) is 0 Å². The Morgan fingerprint density at radius 3 is 2.59 bits per heavy atom. The highest BCUT2D eigenvalue weighted by molar-refractivity contribution is 5.80. The smallest absolute Gasteiger partial charge is 0.416 e. The molecule has 0 unspecified atom stereocenters. The molecule has 150 valence electrons. The molecule has 0 amide bonds. The van der Waals surface area contributed by atoms with E-state index in [0.29, 0.717) is 23.1 Å². The fourth-order valence-electron chi connectivity index (χ4n) is 2.66. The van der Waals surface area contributed by atoms with E-state index in [0.717, 1.165) is 16.8 Å². The van der Waals surface area contributed by atoms with Crippen molar-refractivity contribution >= 4 is 5.84 Å². The molecular formula is C20H18F3N5O. The van der Waals surface area contributed by atoms with Crippen molar-refractivity contribution in [1.29, 1.82) is 10.8 Å². The zero-order valence-electron chi connectivity index (χ0n) is 15.7. The number of alkyl halides is 3. The average molecular weight is 401 g/mol. The first-order valence-corrected chi connectivity index (χ1v) is 8.73. The number of rotatable bonds is 4. The number of hydrogen-bond donors (Lipinski definition) is 2. The summed E-state index contributed by atoms with van der Waals surface area (Å²) in [5.74, 6) is 0.0378. The molecule has 0 radical (unpaired) electrons. The molecule has 0 aliphatic carbocycles. The molecule has 6 nitrogen and oxygen atoms in total. The number of pyridine rings is 1. The minimum absolute atomic E-state index is 0.0155. The van der Waals surface area contributed by atoms with Gasteiger partial charge in [-0.25, -0.2) is 0 Å². The quantitative estimate of drug-likeness (QED) is 0.487. The van der Waals surface area contributed by atoms with E-state index in [2.05, 4.69) is 10.1 Å². The van der Waals surface area contributed by atoms with Crippen LogP contribution < -0.4 is 10.2 Å². The molecule has 0 spiro atoms. The summed E-state index contributed by atoms with van der Waals surface area (Å²) < 4.78 is 46.6. The molecular weight excluding hydrogens is 383 g/mol. The second kappa shape index (κ2) is 7.86. The van der Waals surface area contributed by atoms with Crippen LogP contribution in [0, 0.1) is 17.7 Å². The SMILES string of the molecule is CCC(=N)n1nc(Oc2cc(C(F)(F)F)ccc2-c2cccnc2)c(C)cc1=N. The molecule has 2 N–H and O–H groups in total. The number of benzene rings is 1. The minimum Gasteiger partial charge on any atom is -0.437 e. The van der Waals surface area contributed by atoms with Crippen LogP contribution in [0.15, 0.2) is 48.8 Å². The van der Waals surface area contributed by atoms with Gasteiger partial charge in [-0.05, 0) is 37.3 Å². The Kier molecular flexibility index (Phi) is 5.49. The maximum absolute atomic E-state index is 13.2. The second-order valence-corrected chi connectivity index (χ2v) is 6.28. The van der Waals surface area contributed by atoms with Gasteiger partial charge in [0, 0.05) is 35.5 Å². The highest BCUT2D eigenvalue weighted by Crippen LogP contribution is 2.38. The van der Waals surface area contributed by atoms with Crippen molar-refractivity contribution in [2.24, 2.45) is 0 Å². The lowest BCUT2D eigenvalue weighted by atomic mass is 10.0. The molecule has 2 heterocycles. The summed E-state index contributed by atoms with van der Waals surface area (Å²) in [5.41, 5.74) is 0.589. The first kappa shape index (κ1) is 20.2. The molecule has 0 saturated carbocycles. The van der Waals surface area contributed by atoms with Crippen molar-refractivity contribution < 1.29 is 17.9 Å². The predicted molar refractivity (Wildman–Crippen MR) is 101 cm³/mol. The number of aromatic nitrogens is 3. The Labute approximate surface area is 164 Å². The third-order valence-corrected chi connectivity index (χ3v) is 4.19. The molecule has 0 fully saturated rings. The normalized spacial score (nSPS) is 11.3. The van der Waals surface area contributed by atoms with E-state index in [1.54, 1.807) is 32.2 Å². The number of ether oxygens (including phenoxy) is 1. The van der Waals surface area contributed by atoms with Gasteiger partial charge in [0.2, 0.25) is 5.88 Å². The second-order valence-electron chi connectivity index (χ2n) is 6.28. The van der Waals surface area contributed by atoms with Gasteiger partial charge in [0.15, 0.2) is 0 Å². The molecule has 1 aromatic carbocycles. The van der Waals surface area contributed by atoms with Crippen LogP contribution in [-0.2, 0) is 6.18 Å². The van der Waals surface area contributed by atoms with Gasteiger partial charge in [0.05, 0.1) is 5.56 Å². The Bertz CT molecular complexity index is 1110. The lowest BCUT2D eigenvalue weighted by Gasteiger charge is -2.16. The van der Waals surface area contributed by atoms with E-state index in [-0.39, 0.29) is 23.0 Å². The highest BCUT2D eigenvalue weighted by Gasteiger charge is 2.31. The Balaban J connectivity index is 2.15. The number of halogens is 3. The maximum Gasteiger partial charge on any atom is 0.416 e. The Morgan fingerprint density at radius 1 is 1.21 bits per heavy atom. The number of nitrogens with one attached hydrogen (secondary N) is 2. The summed E-state index contributed by atoms with van der Waals surface area (Å²) >= 11 is 0. The third-order valence-electron chi connectivity index (χ3n) is 4.19. The van der Waals surface area contributed by atoms with E-state index in [9.17, 15) is 13.2 Å². The van der Waals surface area contributed by atoms with E-state index in [4.69, 9.17) is 15.6 Å². The predicted octanol–water partition coefficient (Wildman–Crippen LogP) is 4.78. The molecule has 3 rings (SSSR count). The van der Waals surface area contributed by atoms with Crippen LogP contribution >= 0.6 is 0 Å². The van der Waals surface area contributed by atoms with Crippen molar-refractivity contribution in [3.8, 4) is 22.8 Å². The molecule has 0 atom stereocenters. The van der Waals surface area contributed by atoms with E-state index < -0.39 is 11.7 Å². The van der Waals surface area contributed by atoms with Gasteiger partial charge in [-0.2, -0.15) is 17.9 Å². The van der Waals surface area contributed by atoms with E-state index in [1.807, 2.05) is 0 Å². The summed E-state index contributed by atoms with van der Waals surface area (Å²) in [6.07, 6.45) is -1.12. The van der Waals surface area contributed by atoms with Crippen LogP contribution in [-0.4, -0.2) is 20.6 Å². The third kappa shape index (κ3) is 4.34. The summed E-state index contributed by atoms with van der Waals surface area (Å²) in [6, 6.07) is 8.05. The van der Waals surface area contributed by atoms with Gasteiger partial charge in [-0.15, -0.1) is 5.10 Å². The molecule has 0 saturated heterocycles. The van der Waals surface area contributed by atoms with Gasteiger partial charge < -0.3 is 4.74 Å². The van der Waals surface area contributed by atoms with Crippen molar-refractivity contribution in [2.75, 3.05) is 0 Å². The largest absolute Gasteiger partial charge is 0.437 e. The first-order chi connectivity index (χ1) is 13.7. The van der Waals surface area contributed by atoms with Crippen LogP contribution in [0.5, 0.6) is 11.6 Å². The molecule has 0 bridgehead atoms. The van der Waals surface area contributed by atoms with Crippen LogP contribution in [0.3, 0.4) is 0 Å². The van der Waals surface area contributed by atoms with Gasteiger partial charge in [-0.3, -0.25) is 15.8 Å². The summed E-state index contributed by atoms with van der Waals surface area (Å²) in [4.78, 5) is 4.01. The lowest BCUT2D eigenvalue weighted by molar-refractivity contribution is -0.137. The van der Waals surface area contributed by atoms with Gasteiger partial charge in [-0.1, -0.05) is 13.0 Å². The highest BCUT2D eigenvalue weighted by atomic mass is 19.4.